The van der Waals surface area contributed by atoms with Crippen LogP contribution in [0.25, 0.3) is 0 Å². The van der Waals surface area contributed by atoms with Crippen LogP contribution in [-0.4, -0.2) is 36.7 Å². The third-order valence-corrected chi connectivity index (χ3v) is 3.75. The number of hydrogen-bond donors (Lipinski definition) is 1. The van der Waals surface area contributed by atoms with Gasteiger partial charge in [0.05, 0.1) is 0 Å². The molecule has 1 aliphatic rings. The molecule has 0 aromatic carbocycles. The maximum absolute atomic E-state index is 11.9. The minimum atomic E-state index is -0.417. The SMILES string of the molecule is CC(C)COC(C)C(=O)NCc1ccc(N2CCCC2)nc1. The fourth-order valence-corrected chi connectivity index (χ4v) is 2.40. The molecule has 5 heteroatoms. The second kappa shape index (κ2) is 8.13. The molecule has 122 valence electrons. The zero-order chi connectivity index (χ0) is 15.9. The van der Waals surface area contributed by atoms with Crippen LogP contribution in [0.4, 0.5) is 5.82 Å². The second-order valence-corrected chi connectivity index (χ2v) is 6.31. The van der Waals surface area contributed by atoms with Crippen molar-refractivity contribution < 1.29 is 9.53 Å². The molecule has 1 N–H and O–H groups in total. The van der Waals surface area contributed by atoms with E-state index in [0.717, 1.165) is 24.5 Å². The smallest absolute Gasteiger partial charge is 0.249 e. The Labute approximate surface area is 133 Å². The Bertz CT molecular complexity index is 467. The van der Waals surface area contributed by atoms with Crippen molar-refractivity contribution >= 4 is 11.7 Å². The lowest BCUT2D eigenvalue weighted by molar-refractivity contribution is -0.132. The number of aromatic nitrogens is 1. The normalized spacial score (nSPS) is 16.1. The number of hydrogen-bond acceptors (Lipinski definition) is 4. The van der Waals surface area contributed by atoms with Crippen molar-refractivity contribution in [1.29, 1.82) is 0 Å². The highest BCUT2D eigenvalue weighted by atomic mass is 16.5. The Hall–Kier alpha value is -1.62. The third kappa shape index (κ3) is 4.98. The first kappa shape index (κ1) is 16.7. The average Bonchev–Trinajstić information content (AvgIpc) is 3.05. The van der Waals surface area contributed by atoms with Crippen molar-refractivity contribution in [2.24, 2.45) is 5.92 Å². The summed E-state index contributed by atoms with van der Waals surface area (Å²) in [5, 5.41) is 2.89. The summed E-state index contributed by atoms with van der Waals surface area (Å²) in [5.74, 6) is 1.38. The van der Waals surface area contributed by atoms with E-state index in [0.29, 0.717) is 19.1 Å². The van der Waals surface area contributed by atoms with Gasteiger partial charge in [0.1, 0.15) is 11.9 Å². The van der Waals surface area contributed by atoms with Gasteiger partial charge in [-0.3, -0.25) is 4.79 Å². The number of carbonyl (C=O) groups excluding carboxylic acids is 1. The van der Waals surface area contributed by atoms with Gasteiger partial charge in [-0.25, -0.2) is 4.98 Å². The van der Waals surface area contributed by atoms with E-state index >= 15 is 0 Å². The Balaban J connectivity index is 1.77. The molecule has 0 spiro atoms. The topological polar surface area (TPSA) is 54.5 Å². The van der Waals surface area contributed by atoms with Crippen LogP contribution < -0.4 is 10.2 Å². The fraction of sp³-hybridized carbons (Fsp3) is 0.647. The molecular formula is C17H27N3O2. The number of pyridine rings is 1. The summed E-state index contributed by atoms with van der Waals surface area (Å²) in [4.78, 5) is 18.7. The highest BCUT2D eigenvalue weighted by Crippen LogP contribution is 2.17. The molecule has 1 unspecified atom stereocenters. The molecule has 0 radical (unpaired) electrons. The van der Waals surface area contributed by atoms with Crippen LogP contribution >= 0.6 is 0 Å². The van der Waals surface area contributed by atoms with Gasteiger partial charge in [0.15, 0.2) is 0 Å². The first-order valence-corrected chi connectivity index (χ1v) is 8.15. The van der Waals surface area contributed by atoms with E-state index in [2.05, 4.69) is 29.0 Å². The summed E-state index contributed by atoms with van der Waals surface area (Å²) in [7, 11) is 0. The molecule has 1 aliphatic heterocycles. The Kier molecular flexibility index (Phi) is 6.19. The largest absolute Gasteiger partial charge is 0.368 e. The number of amides is 1. The summed E-state index contributed by atoms with van der Waals surface area (Å²) in [5.41, 5.74) is 1.01. The van der Waals surface area contributed by atoms with Gasteiger partial charge in [-0.15, -0.1) is 0 Å². The van der Waals surface area contributed by atoms with E-state index in [9.17, 15) is 4.79 Å². The van der Waals surface area contributed by atoms with E-state index in [1.54, 1.807) is 6.92 Å². The van der Waals surface area contributed by atoms with Crippen molar-refractivity contribution in [3.63, 3.8) is 0 Å². The van der Waals surface area contributed by atoms with E-state index in [1.165, 1.54) is 12.8 Å². The lowest BCUT2D eigenvalue weighted by Crippen LogP contribution is -2.34. The minimum Gasteiger partial charge on any atom is -0.368 e. The third-order valence-electron chi connectivity index (χ3n) is 3.75. The number of anilines is 1. The Morgan fingerprint density at radius 2 is 2.05 bits per heavy atom. The predicted molar refractivity (Wildman–Crippen MR) is 87.8 cm³/mol. The van der Waals surface area contributed by atoms with E-state index < -0.39 is 6.10 Å². The van der Waals surface area contributed by atoms with Gasteiger partial charge in [-0.05, 0) is 37.3 Å². The molecule has 1 aromatic rings. The Morgan fingerprint density at radius 3 is 2.64 bits per heavy atom. The van der Waals surface area contributed by atoms with Gasteiger partial charge in [0.25, 0.3) is 0 Å². The second-order valence-electron chi connectivity index (χ2n) is 6.31. The van der Waals surface area contributed by atoms with Crippen LogP contribution in [0, 0.1) is 5.92 Å². The highest BCUT2D eigenvalue weighted by Gasteiger charge is 2.15. The van der Waals surface area contributed by atoms with Gasteiger partial charge in [-0.1, -0.05) is 19.9 Å². The summed E-state index contributed by atoms with van der Waals surface area (Å²) < 4.78 is 5.51. The number of rotatable bonds is 7. The molecule has 1 saturated heterocycles. The average molecular weight is 305 g/mol. The van der Waals surface area contributed by atoms with Crippen LogP contribution in [-0.2, 0) is 16.1 Å². The number of carbonyl (C=O) groups is 1. The highest BCUT2D eigenvalue weighted by molar-refractivity contribution is 5.80. The quantitative estimate of drug-likeness (QED) is 0.840. The molecule has 0 aliphatic carbocycles. The number of ether oxygens (including phenoxy) is 1. The van der Waals surface area contributed by atoms with Crippen LogP contribution in [0.5, 0.6) is 0 Å². The summed E-state index contributed by atoms with van der Waals surface area (Å²) >= 11 is 0. The summed E-state index contributed by atoms with van der Waals surface area (Å²) in [6.45, 7) is 9.19. The molecule has 1 fully saturated rings. The van der Waals surface area contributed by atoms with Crippen LogP contribution in [0.2, 0.25) is 0 Å². The molecule has 2 heterocycles. The van der Waals surface area contributed by atoms with Crippen molar-refractivity contribution in [1.82, 2.24) is 10.3 Å². The number of nitrogens with zero attached hydrogens (tertiary/aromatic N) is 2. The minimum absolute atomic E-state index is 0.0794. The predicted octanol–water partition coefficient (Wildman–Crippen LogP) is 2.36. The molecule has 0 bridgehead atoms. The molecule has 0 saturated carbocycles. The van der Waals surface area contributed by atoms with Crippen molar-refractivity contribution in [2.45, 2.75) is 46.3 Å². The standard InChI is InChI=1S/C17H27N3O2/c1-13(2)12-22-14(3)17(21)19-11-15-6-7-16(18-10-15)20-8-4-5-9-20/h6-7,10,13-14H,4-5,8-9,11-12H2,1-3H3,(H,19,21). The van der Waals surface area contributed by atoms with Crippen LogP contribution in [0.1, 0.15) is 39.2 Å². The van der Waals surface area contributed by atoms with Crippen molar-refractivity contribution in [2.75, 3.05) is 24.6 Å². The van der Waals surface area contributed by atoms with E-state index in [1.807, 2.05) is 18.3 Å². The molecule has 5 nitrogen and oxygen atoms in total. The van der Waals surface area contributed by atoms with Gasteiger partial charge < -0.3 is 15.0 Å². The zero-order valence-electron chi connectivity index (χ0n) is 13.8. The molecular weight excluding hydrogens is 278 g/mol. The molecule has 1 atom stereocenters. The number of nitrogens with one attached hydrogen (secondary N) is 1. The molecule has 1 amide bonds. The van der Waals surface area contributed by atoms with Gasteiger partial charge in [0.2, 0.25) is 5.91 Å². The first-order chi connectivity index (χ1) is 10.6. The monoisotopic (exact) mass is 305 g/mol. The van der Waals surface area contributed by atoms with E-state index in [4.69, 9.17) is 4.74 Å². The first-order valence-electron chi connectivity index (χ1n) is 8.15. The van der Waals surface area contributed by atoms with Crippen LogP contribution in [0.15, 0.2) is 18.3 Å². The molecule has 1 aromatic heterocycles. The molecule has 22 heavy (non-hydrogen) atoms. The maximum atomic E-state index is 11.9. The maximum Gasteiger partial charge on any atom is 0.249 e. The lowest BCUT2D eigenvalue weighted by atomic mass is 10.2. The zero-order valence-corrected chi connectivity index (χ0v) is 13.8. The van der Waals surface area contributed by atoms with Crippen molar-refractivity contribution in [3.8, 4) is 0 Å². The van der Waals surface area contributed by atoms with Gasteiger partial charge in [-0.2, -0.15) is 0 Å². The lowest BCUT2D eigenvalue weighted by Gasteiger charge is -2.17. The van der Waals surface area contributed by atoms with Crippen molar-refractivity contribution in [3.05, 3.63) is 23.9 Å². The Morgan fingerprint density at radius 1 is 1.32 bits per heavy atom. The summed E-state index contributed by atoms with van der Waals surface area (Å²) in [6.07, 6.45) is 3.91. The van der Waals surface area contributed by atoms with Gasteiger partial charge >= 0.3 is 0 Å². The van der Waals surface area contributed by atoms with Gasteiger partial charge in [0, 0.05) is 32.4 Å². The van der Waals surface area contributed by atoms with E-state index in [-0.39, 0.29) is 5.91 Å². The fourth-order valence-electron chi connectivity index (χ4n) is 2.40. The van der Waals surface area contributed by atoms with Crippen LogP contribution in [0.3, 0.4) is 0 Å². The summed E-state index contributed by atoms with van der Waals surface area (Å²) in [6, 6.07) is 4.06. The molecule has 2 rings (SSSR count).